The molecule has 5 rings (SSSR count). The Balaban J connectivity index is 1.85. The van der Waals surface area contributed by atoms with E-state index in [-0.39, 0.29) is 17.0 Å². The van der Waals surface area contributed by atoms with E-state index >= 15 is 0 Å². The van der Waals surface area contributed by atoms with Crippen LogP contribution >= 0.6 is 0 Å². The summed E-state index contributed by atoms with van der Waals surface area (Å²) < 4.78 is 0. The fraction of sp³-hybridized carbons (Fsp3) is 0.400. The summed E-state index contributed by atoms with van der Waals surface area (Å²) in [6.45, 7) is 9.23. The predicted molar refractivity (Wildman–Crippen MR) is 96.6 cm³/mol. The number of fused-ring (bicyclic) bond motifs is 8. The van der Waals surface area contributed by atoms with Crippen molar-refractivity contribution in [2.45, 2.75) is 45.3 Å². The predicted octanol–water partition coefficient (Wildman–Crippen LogP) is 4.02. The molecule has 0 spiro atoms. The average Bonchev–Trinajstić information content (AvgIpc) is 2.94. The molecule has 1 aliphatic carbocycles. The molecule has 0 saturated heterocycles. The number of benzene rings is 1. The molecule has 122 valence electrons. The van der Waals surface area contributed by atoms with Gasteiger partial charge in [-0.1, -0.05) is 44.2 Å². The van der Waals surface area contributed by atoms with E-state index in [1.165, 1.54) is 11.3 Å². The summed E-state index contributed by atoms with van der Waals surface area (Å²) >= 11 is 0. The number of aromatic nitrogens is 2. The van der Waals surface area contributed by atoms with E-state index in [0.29, 0.717) is 6.04 Å². The molecule has 0 fully saturated rings. The van der Waals surface area contributed by atoms with Crippen LogP contribution in [0.25, 0.3) is 0 Å². The van der Waals surface area contributed by atoms with Gasteiger partial charge < -0.3 is 9.80 Å². The zero-order valence-corrected chi connectivity index (χ0v) is 14.6. The Bertz CT molecular complexity index is 873. The molecule has 3 atom stereocenters. The minimum absolute atomic E-state index is 0.0218. The lowest BCUT2D eigenvalue weighted by Crippen LogP contribution is -2.66. The summed E-state index contributed by atoms with van der Waals surface area (Å²) in [5.41, 5.74) is 2.71. The Hall–Kier alpha value is -2.36. The molecular weight excluding hydrogens is 296 g/mol. The lowest BCUT2D eigenvalue weighted by atomic mass is 9.50. The number of anilines is 3. The van der Waals surface area contributed by atoms with E-state index < -0.39 is 0 Å². The van der Waals surface area contributed by atoms with E-state index in [2.05, 4.69) is 73.9 Å². The highest BCUT2D eigenvalue weighted by atomic mass is 15.5. The van der Waals surface area contributed by atoms with E-state index in [9.17, 15) is 0 Å². The third kappa shape index (κ3) is 1.33. The minimum atomic E-state index is 0.0218. The molecule has 0 radical (unpaired) electrons. The number of allylic oxidation sites excluding steroid dienone is 1. The summed E-state index contributed by atoms with van der Waals surface area (Å²) in [6.07, 6.45) is 8.55. The fourth-order valence-electron chi connectivity index (χ4n) is 4.81. The molecule has 3 aliphatic rings. The second-order valence-corrected chi connectivity index (χ2v) is 7.78. The van der Waals surface area contributed by atoms with Crippen LogP contribution in [0.5, 0.6) is 0 Å². The van der Waals surface area contributed by atoms with Crippen LogP contribution in [0.15, 0.2) is 48.8 Å². The monoisotopic (exact) mass is 318 g/mol. The molecule has 0 saturated carbocycles. The third-order valence-electron chi connectivity index (χ3n) is 6.34. The lowest BCUT2D eigenvalue weighted by Gasteiger charge is -2.61. The van der Waals surface area contributed by atoms with Crippen LogP contribution in [0.2, 0.25) is 0 Å². The Morgan fingerprint density at radius 1 is 1.00 bits per heavy atom. The van der Waals surface area contributed by atoms with Gasteiger partial charge in [-0.05, 0) is 25.5 Å². The van der Waals surface area contributed by atoms with Crippen molar-refractivity contribution < 1.29 is 0 Å². The Morgan fingerprint density at radius 2 is 1.71 bits per heavy atom. The van der Waals surface area contributed by atoms with Gasteiger partial charge in [-0.15, -0.1) is 0 Å². The van der Waals surface area contributed by atoms with Gasteiger partial charge in [0.1, 0.15) is 6.17 Å². The summed E-state index contributed by atoms with van der Waals surface area (Å²) in [4.78, 5) is 14.3. The van der Waals surface area contributed by atoms with Gasteiger partial charge in [0.25, 0.3) is 0 Å². The van der Waals surface area contributed by atoms with Crippen molar-refractivity contribution in [3.05, 3.63) is 54.4 Å². The molecule has 0 bridgehead atoms. The SMILES string of the molecule is CC(C)N1c2nccnc2N2c3ccccc3C3(C)C=CC3(C)C21. The fourth-order valence-corrected chi connectivity index (χ4v) is 4.81. The maximum absolute atomic E-state index is 4.71. The second kappa shape index (κ2) is 4.18. The molecular formula is C20H22N4. The maximum Gasteiger partial charge on any atom is 0.178 e. The molecule has 2 aliphatic heterocycles. The van der Waals surface area contributed by atoms with Crippen molar-refractivity contribution in [2.75, 3.05) is 9.80 Å². The van der Waals surface area contributed by atoms with Crippen molar-refractivity contribution >= 4 is 17.3 Å². The quantitative estimate of drug-likeness (QED) is 0.744. The molecule has 3 heterocycles. The van der Waals surface area contributed by atoms with Crippen molar-refractivity contribution in [1.82, 2.24) is 9.97 Å². The topological polar surface area (TPSA) is 32.3 Å². The van der Waals surface area contributed by atoms with Gasteiger partial charge in [-0.25, -0.2) is 9.97 Å². The largest absolute Gasteiger partial charge is 0.329 e. The minimum Gasteiger partial charge on any atom is -0.329 e. The second-order valence-electron chi connectivity index (χ2n) is 7.78. The summed E-state index contributed by atoms with van der Waals surface area (Å²) in [5, 5.41) is 0. The van der Waals surface area contributed by atoms with Crippen molar-refractivity contribution in [3.63, 3.8) is 0 Å². The van der Waals surface area contributed by atoms with Crippen LogP contribution in [0.4, 0.5) is 17.3 Å². The molecule has 0 N–H and O–H groups in total. The first-order valence-electron chi connectivity index (χ1n) is 8.67. The smallest absolute Gasteiger partial charge is 0.178 e. The zero-order valence-electron chi connectivity index (χ0n) is 14.6. The highest BCUT2D eigenvalue weighted by Gasteiger charge is 2.64. The van der Waals surface area contributed by atoms with Gasteiger partial charge in [-0.3, -0.25) is 0 Å². The number of rotatable bonds is 1. The number of para-hydroxylation sites is 1. The van der Waals surface area contributed by atoms with Gasteiger partial charge >= 0.3 is 0 Å². The normalized spacial score (nSPS) is 32.1. The van der Waals surface area contributed by atoms with Crippen LogP contribution in [-0.4, -0.2) is 22.2 Å². The molecule has 24 heavy (non-hydrogen) atoms. The molecule has 1 aromatic carbocycles. The van der Waals surface area contributed by atoms with Gasteiger partial charge in [0.2, 0.25) is 0 Å². The van der Waals surface area contributed by atoms with E-state index in [4.69, 9.17) is 9.97 Å². The van der Waals surface area contributed by atoms with Crippen molar-refractivity contribution in [2.24, 2.45) is 5.41 Å². The lowest BCUT2D eigenvalue weighted by molar-refractivity contribution is 0.163. The molecule has 1 aromatic heterocycles. The molecule has 4 nitrogen and oxygen atoms in total. The molecule has 0 amide bonds. The van der Waals surface area contributed by atoms with Gasteiger partial charge in [-0.2, -0.15) is 0 Å². The average molecular weight is 318 g/mol. The number of nitrogens with zero attached hydrogens (tertiary/aromatic N) is 4. The van der Waals surface area contributed by atoms with Crippen LogP contribution < -0.4 is 9.80 Å². The van der Waals surface area contributed by atoms with Gasteiger partial charge in [0.05, 0.1) is 0 Å². The van der Waals surface area contributed by atoms with E-state index in [0.717, 1.165) is 11.6 Å². The third-order valence-corrected chi connectivity index (χ3v) is 6.34. The van der Waals surface area contributed by atoms with Crippen LogP contribution in [0.1, 0.15) is 33.3 Å². The van der Waals surface area contributed by atoms with Crippen molar-refractivity contribution in [3.8, 4) is 0 Å². The summed E-state index contributed by atoms with van der Waals surface area (Å²) in [5.74, 6) is 1.98. The first kappa shape index (κ1) is 14.0. The first-order valence-corrected chi connectivity index (χ1v) is 8.67. The standard InChI is InChI=1S/C20H22N4/c1-13(2)23-16-17(22-12-11-21-16)24-15-8-6-5-7-14(15)19(3)9-10-20(19,4)18(23)24/h5-13,18H,1-4H3. The first-order chi connectivity index (χ1) is 11.5. The highest BCUT2D eigenvalue weighted by Crippen LogP contribution is 2.65. The van der Waals surface area contributed by atoms with Gasteiger partial charge in [0.15, 0.2) is 11.6 Å². The summed E-state index contributed by atoms with van der Waals surface area (Å²) in [7, 11) is 0. The van der Waals surface area contributed by atoms with Crippen molar-refractivity contribution in [1.29, 1.82) is 0 Å². The number of hydrogen-bond donors (Lipinski definition) is 0. The Labute approximate surface area is 142 Å². The highest BCUT2D eigenvalue weighted by molar-refractivity contribution is 5.84. The summed E-state index contributed by atoms with van der Waals surface area (Å²) in [6, 6.07) is 9.11. The van der Waals surface area contributed by atoms with E-state index in [1.54, 1.807) is 12.4 Å². The molecule has 4 heteroatoms. The van der Waals surface area contributed by atoms with Crippen LogP contribution in [0, 0.1) is 5.41 Å². The van der Waals surface area contributed by atoms with E-state index in [1.807, 2.05) is 0 Å². The van der Waals surface area contributed by atoms with Crippen LogP contribution in [-0.2, 0) is 5.41 Å². The molecule has 2 aromatic rings. The van der Waals surface area contributed by atoms with Gasteiger partial charge in [0, 0.05) is 35.0 Å². The Kier molecular flexibility index (Phi) is 2.44. The Morgan fingerprint density at radius 3 is 2.38 bits per heavy atom. The molecule has 3 unspecified atom stereocenters. The van der Waals surface area contributed by atoms with Crippen LogP contribution in [0.3, 0.4) is 0 Å². The number of hydrogen-bond acceptors (Lipinski definition) is 4. The maximum atomic E-state index is 4.71. The zero-order chi connectivity index (χ0) is 16.7.